The molecule has 0 saturated heterocycles. The first kappa shape index (κ1) is 12.8. The van der Waals surface area contributed by atoms with Crippen molar-refractivity contribution >= 4 is 11.6 Å². The average molecular weight is 238 g/mol. The van der Waals surface area contributed by atoms with Gasteiger partial charge >= 0.3 is 0 Å². The highest BCUT2D eigenvalue weighted by Crippen LogP contribution is 2.20. The van der Waals surface area contributed by atoms with E-state index in [0.29, 0.717) is 0 Å². The Morgan fingerprint density at radius 3 is 2.82 bits per heavy atom. The van der Waals surface area contributed by atoms with Crippen LogP contribution < -0.4 is 5.32 Å². The number of halogens is 1. The number of hydrogen-bond donors (Lipinski definition) is 1. The van der Waals surface area contributed by atoms with Crippen LogP contribution in [0.5, 0.6) is 0 Å². The Hall–Kier alpha value is -2.24. The highest BCUT2D eigenvalue weighted by molar-refractivity contribution is 5.95. The molecule has 1 amide bonds. The molecule has 0 radical (unpaired) electrons. The van der Waals surface area contributed by atoms with Gasteiger partial charge in [-0.2, -0.15) is 0 Å². The summed E-state index contributed by atoms with van der Waals surface area (Å²) in [5, 5.41) is 13.0. The summed E-state index contributed by atoms with van der Waals surface area (Å²) in [6.45, 7) is 4.93. The Morgan fingerprint density at radius 2 is 2.29 bits per heavy atom. The molecule has 0 bridgehead atoms. The van der Waals surface area contributed by atoms with Crippen LogP contribution >= 0.6 is 0 Å². The molecule has 1 N–H and O–H groups in total. The zero-order valence-corrected chi connectivity index (χ0v) is 9.20. The van der Waals surface area contributed by atoms with Gasteiger partial charge in [0.05, 0.1) is 10.5 Å². The van der Waals surface area contributed by atoms with Crippen LogP contribution in [0.3, 0.4) is 0 Å². The third kappa shape index (κ3) is 2.87. The first-order valence-electron chi connectivity index (χ1n) is 4.81. The minimum Gasteiger partial charge on any atom is -0.348 e. The molecule has 0 aliphatic rings. The zero-order valence-electron chi connectivity index (χ0n) is 9.20. The van der Waals surface area contributed by atoms with Crippen molar-refractivity contribution in [3.05, 3.63) is 51.8 Å². The Kier molecular flexibility index (Phi) is 3.92. The van der Waals surface area contributed by atoms with Gasteiger partial charge in [-0.1, -0.05) is 6.08 Å². The van der Waals surface area contributed by atoms with E-state index in [0.717, 1.165) is 12.1 Å². The largest absolute Gasteiger partial charge is 0.348 e. The van der Waals surface area contributed by atoms with E-state index >= 15 is 0 Å². The number of nitro benzene ring substituents is 1. The first-order valence-corrected chi connectivity index (χ1v) is 4.81. The lowest BCUT2D eigenvalue weighted by Gasteiger charge is -2.05. The van der Waals surface area contributed by atoms with E-state index in [1.54, 1.807) is 0 Å². The number of nitrogens with zero attached hydrogens (tertiary/aromatic N) is 1. The maximum absolute atomic E-state index is 13.6. The highest BCUT2D eigenvalue weighted by Gasteiger charge is 2.19. The number of carbonyl (C=O) groups is 1. The lowest BCUT2D eigenvalue weighted by atomic mass is 10.1. The Balaban J connectivity index is 3.17. The van der Waals surface area contributed by atoms with Gasteiger partial charge in [-0.05, 0) is 12.5 Å². The maximum Gasteiger partial charge on any atom is 0.270 e. The summed E-state index contributed by atoms with van der Waals surface area (Å²) >= 11 is 0. The summed E-state index contributed by atoms with van der Waals surface area (Å²) in [5.74, 6) is -1.45. The molecule has 0 unspecified atom stereocenters. The fourth-order valence-corrected chi connectivity index (χ4v) is 1.28. The van der Waals surface area contributed by atoms with Crippen LogP contribution in [0.2, 0.25) is 0 Å². The van der Waals surface area contributed by atoms with E-state index in [9.17, 15) is 19.3 Å². The summed E-state index contributed by atoms with van der Waals surface area (Å²) in [5.41, 5.74) is -0.589. The van der Waals surface area contributed by atoms with Gasteiger partial charge in [-0.15, -0.1) is 6.58 Å². The molecule has 0 spiro atoms. The summed E-state index contributed by atoms with van der Waals surface area (Å²) in [7, 11) is 0. The minimum absolute atomic E-state index is 0.0583. The van der Waals surface area contributed by atoms with Crippen molar-refractivity contribution in [3.8, 4) is 0 Å². The van der Waals surface area contributed by atoms with Crippen LogP contribution in [0.15, 0.2) is 24.8 Å². The van der Waals surface area contributed by atoms with Crippen molar-refractivity contribution in [2.24, 2.45) is 0 Å². The Bertz CT molecular complexity index is 486. The van der Waals surface area contributed by atoms with Gasteiger partial charge in [-0.3, -0.25) is 14.9 Å². The predicted molar refractivity (Wildman–Crippen MR) is 60.3 cm³/mol. The molecule has 0 heterocycles. The Morgan fingerprint density at radius 1 is 1.65 bits per heavy atom. The van der Waals surface area contributed by atoms with Crippen LogP contribution in [0.1, 0.15) is 15.9 Å². The van der Waals surface area contributed by atoms with Gasteiger partial charge < -0.3 is 5.32 Å². The third-order valence-corrected chi connectivity index (χ3v) is 2.10. The number of non-ortho nitro benzene ring substituents is 1. The quantitative estimate of drug-likeness (QED) is 0.495. The number of hydrogen-bond acceptors (Lipinski definition) is 3. The van der Waals surface area contributed by atoms with Gasteiger partial charge in [-0.25, -0.2) is 4.39 Å². The van der Waals surface area contributed by atoms with Crippen molar-refractivity contribution in [2.45, 2.75) is 6.92 Å². The molecule has 90 valence electrons. The van der Waals surface area contributed by atoms with Crippen molar-refractivity contribution in [1.29, 1.82) is 0 Å². The average Bonchev–Trinajstić information content (AvgIpc) is 2.29. The summed E-state index contributed by atoms with van der Waals surface area (Å²) < 4.78 is 13.6. The van der Waals surface area contributed by atoms with Gasteiger partial charge in [0, 0.05) is 18.7 Å². The number of nitro groups is 1. The summed E-state index contributed by atoms with van der Waals surface area (Å²) in [4.78, 5) is 21.4. The number of nitrogens with one attached hydrogen (secondary N) is 1. The SMILES string of the molecule is C=CCNC(=O)c1cc([N+](=O)[O-])cc(C)c1F. The molecule has 1 aromatic rings. The third-order valence-electron chi connectivity index (χ3n) is 2.10. The molecule has 6 heteroatoms. The number of amides is 1. The molecule has 0 saturated carbocycles. The van der Waals surface area contributed by atoms with E-state index in [1.165, 1.54) is 13.0 Å². The molecule has 0 aliphatic carbocycles. The van der Waals surface area contributed by atoms with Crippen LogP contribution in [0.25, 0.3) is 0 Å². The lowest BCUT2D eigenvalue weighted by Crippen LogP contribution is -2.24. The molecule has 0 aromatic heterocycles. The molecule has 0 atom stereocenters. The molecular weight excluding hydrogens is 227 g/mol. The van der Waals surface area contributed by atoms with Crippen LogP contribution in [-0.4, -0.2) is 17.4 Å². The smallest absolute Gasteiger partial charge is 0.270 e. The molecule has 1 rings (SSSR count). The van der Waals surface area contributed by atoms with E-state index < -0.39 is 16.6 Å². The van der Waals surface area contributed by atoms with Crippen molar-refractivity contribution < 1.29 is 14.1 Å². The molecule has 0 fully saturated rings. The van der Waals surface area contributed by atoms with Gasteiger partial charge in [0.2, 0.25) is 0 Å². The predicted octanol–water partition coefficient (Wildman–Crippen LogP) is 1.96. The fourth-order valence-electron chi connectivity index (χ4n) is 1.28. The number of carbonyl (C=O) groups excluding carboxylic acids is 1. The summed E-state index contributed by atoms with van der Waals surface area (Å²) in [6.07, 6.45) is 1.43. The van der Waals surface area contributed by atoms with Gasteiger partial charge in [0.25, 0.3) is 11.6 Å². The molecule has 5 nitrogen and oxygen atoms in total. The first-order chi connectivity index (χ1) is 7.97. The lowest BCUT2D eigenvalue weighted by molar-refractivity contribution is -0.385. The second kappa shape index (κ2) is 5.20. The minimum atomic E-state index is -0.753. The van der Waals surface area contributed by atoms with E-state index in [2.05, 4.69) is 11.9 Å². The molecule has 1 aromatic carbocycles. The van der Waals surface area contributed by atoms with Crippen LogP contribution in [0.4, 0.5) is 10.1 Å². The highest BCUT2D eigenvalue weighted by atomic mass is 19.1. The normalized spacial score (nSPS) is 9.76. The molecule has 0 aliphatic heterocycles. The molecular formula is C11H11FN2O3. The monoisotopic (exact) mass is 238 g/mol. The van der Waals surface area contributed by atoms with Gasteiger partial charge in [0.15, 0.2) is 0 Å². The van der Waals surface area contributed by atoms with Crippen LogP contribution in [0, 0.1) is 22.9 Å². The summed E-state index contributed by atoms with van der Waals surface area (Å²) in [6, 6.07) is 2.00. The fraction of sp³-hybridized carbons (Fsp3) is 0.182. The maximum atomic E-state index is 13.6. The number of benzene rings is 1. The zero-order chi connectivity index (χ0) is 13.0. The number of rotatable bonds is 4. The molecule has 17 heavy (non-hydrogen) atoms. The van der Waals surface area contributed by atoms with Crippen molar-refractivity contribution in [2.75, 3.05) is 6.54 Å². The Labute approximate surface area is 97.1 Å². The second-order valence-electron chi connectivity index (χ2n) is 3.38. The topological polar surface area (TPSA) is 72.2 Å². The van der Waals surface area contributed by atoms with E-state index in [-0.39, 0.29) is 23.4 Å². The standard InChI is InChI=1S/C11H11FN2O3/c1-3-4-13-11(15)9-6-8(14(16)17)5-7(2)10(9)12/h3,5-6H,1,4H2,2H3,(H,13,15). The van der Waals surface area contributed by atoms with Crippen molar-refractivity contribution in [3.63, 3.8) is 0 Å². The number of aryl methyl sites for hydroxylation is 1. The van der Waals surface area contributed by atoms with E-state index in [1.807, 2.05) is 0 Å². The van der Waals surface area contributed by atoms with Crippen molar-refractivity contribution in [1.82, 2.24) is 5.32 Å². The van der Waals surface area contributed by atoms with Crippen LogP contribution in [-0.2, 0) is 0 Å². The van der Waals surface area contributed by atoms with Gasteiger partial charge in [0.1, 0.15) is 5.82 Å². The van der Waals surface area contributed by atoms with E-state index in [4.69, 9.17) is 0 Å². The second-order valence-corrected chi connectivity index (χ2v) is 3.38.